The first-order valence-electron chi connectivity index (χ1n) is 34.8. The number of carbonyl (C=O) groups is 12. The van der Waals surface area contributed by atoms with Crippen LogP contribution >= 0.6 is 0 Å². The number of rotatable bonds is 16. The third kappa shape index (κ3) is 20.8. The van der Waals surface area contributed by atoms with Crippen LogP contribution in [0, 0.1) is 5.41 Å². The number of nitrogens with zero attached hydrogens (tertiary/aromatic N) is 2. The first kappa shape index (κ1) is 78.0. The molecule has 12 atom stereocenters. The van der Waals surface area contributed by atoms with Crippen molar-refractivity contribution in [2.75, 3.05) is 40.4 Å². The van der Waals surface area contributed by atoms with Crippen molar-refractivity contribution in [1.29, 1.82) is 0 Å². The number of benzene rings is 6. The van der Waals surface area contributed by atoms with Crippen LogP contribution in [0.2, 0.25) is 0 Å². The third-order valence-electron chi connectivity index (χ3n) is 19.1. The second-order valence-electron chi connectivity index (χ2n) is 27.8. The zero-order valence-corrected chi connectivity index (χ0v) is 59.5. The van der Waals surface area contributed by atoms with Crippen molar-refractivity contribution in [3.8, 4) is 5.75 Å². The minimum absolute atomic E-state index is 0.00414. The van der Waals surface area contributed by atoms with Crippen molar-refractivity contribution in [3.05, 3.63) is 173 Å². The van der Waals surface area contributed by atoms with Gasteiger partial charge in [0.05, 0.1) is 31.2 Å². The quantitative estimate of drug-likeness (QED) is 0.0620. The number of hydrogen-bond donors (Lipinski definition) is 12. The molecule has 6 aromatic carbocycles. The van der Waals surface area contributed by atoms with E-state index in [-0.39, 0.29) is 70.4 Å². The van der Waals surface area contributed by atoms with E-state index < -0.39 is 155 Å². The van der Waals surface area contributed by atoms with Gasteiger partial charge >= 0.3 is 17.9 Å². The smallest absolute Gasteiger partial charge is 0.326 e. The molecule has 0 saturated carbocycles. The number of carboxylic acids is 3. The number of hydrogen-bond acceptors (Lipinski definition) is 16. The van der Waals surface area contributed by atoms with Gasteiger partial charge in [0.25, 0.3) is 5.91 Å². The molecule has 12 N–H and O–H groups in total. The summed E-state index contributed by atoms with van der Waals surface area (Å²) in [4.78, 5) is 171. The van der Waals surface area contributed by atoms with Crippen LogP contribution in [0.1, 0.15) is 86.5 Å². The fourth-order valence-corrected chi connectivity index (χ4v) is 12.9. The lowest BCUT2D eigenvalue weighted by molar-refractivity contribution is -0.146. The van der Waals surface area contributed by atoms with Gasteiger partial charge in [-0.15, -0.1) is 0 Å². The Balaban J connectivity index is 1.05. The summed E-state index contributed by atoms with van der Waals surface area (Å²) in [7, 11) is 3.07. The molecule has 105 heavy (non-hydrogen) atoms. The van der Waals surface area contributed by atoms with Crippen molar-refractivity contribution in [2.45, 2.75) is 152 Å². The lowest BCUT2D eigenvalue weighted by Crippen LogP contribution is -2.61. The largest absolute Gasteiger partial charge is 0.490 e. The maximum atomic E-state index is 15.2. The first-order chi connectivity index (χ1) is 50.0. The number of likely N-dealkylation sites (tertiary alicyclic amines) is 2. The Bertz CT molecular complexity index is 4240. The highest BCUT2D eigenvalue weighted by Gasteiger charge is 2.48. The lowest BCUT2D eigenvalue weighted by Gasteiger charge is -2.36. The van der Waals surface area contributed by atoms with Gasteiger partial charge in [-0.3, -0.25) is 47.9 Å². The minimum Gasteiger partial charge on any atom is -0.490 e. The van der Waals surface area contributed by atoms with E-state index in [2.05, 4.69) is 47.9 Å². The van der Waals surface area contributed by atoms with E-state index in [9.17, 15) is 63.3 Å². The molecular weight excluding hydrogens is 1350 g/mol. The average molecular weight is 1440 g/mol. The van der Waals surface area contributed by atoms with Gasteiger partial charge in [-0.05, 0) is 114 Å². The summed E-state index contributed by atoms with van der Waals surface area (Å²) in [6.07, 6.45) is 0.279. The molecule has 6 aliphatic heterocycles. The van der Waals surface area contributed by atoms with E-state index in [1.165, 1.54) is 43.1 Å². The monoisotopic (exact) mass is 1440 g/mol. The SMILES string of the molecule is CN[C@@H](C)C(=O)N[C@@H](CC(=O)O)C(=O)N1CC2CC1C(=O)N[C@@H](Cc1ccc3ccccc3c1)C(=O)N[C@H](C(=O)O)Cc1ccc(cc1)C(=O)N[C@H]1C[C@@H](C(=O)N[C@@H](Cc3ccc4ccccc4c3)C(=O)N[C@H](C(=O)O)Cc3ccc(cc3)OC/C=C/CO2)N(C(=O)[C@@H](NC(=O)[C@H](C)NC)C(C)(C)C)C1. The van der Waals surface area contributed by atoms with Gasteiger partial charge in [-0.25, -0.2) is 9.59 Å². The standard InChI is InChI=1S/C77H91N11O17/c1-43(78-6)66(91)83-59(40-64(89)90)73(98)88-42-56-39-63(88)72(97)82-58(37-48-21-25-50-15-9-11-17-53(50)33-48)70(95)84-60(75(100)101)34-45-18-26-51(27-19-45)68(93)80-54-38-62(87(41-54)74(99)65(77(3,4)5)86-67(92)44(2)79-7)71(96)81-57(36-47-20-24-49-14-8-10-16-52(49)32-47)69(94)85-61(76(102)103)35-46-22-28-55(29-23-46)104-30-12-13-31-105-56/h8-29,32-33,43-44,54,56-63,65,78-79H,30-31,34-42H2,1-7H3,(H,80,93)(H,81,96)(H,82,97)(H,83,91)(H,84,95)(H,85,94)(H,86,92)(H,89,90)(H,100,101)(H,102,103)/b13-12+/t43-,44-,54-,56?,57-,58-,59-,60-,61-,62-,63?,65+/m0/s1. The molecule has 6 heterocycles. The van der Waals surface area contributed by atoms with Crippen molar-refractivity contribution < 1.29 is 82.3 Å². The Morgan fingerprint density at radius 3 is 1.51 bits per heavy atom. The van der Waals surface area contributed by atoms with Crippen LogP contribution < -0.4 is 52.6 Å². The van der Waals surface area contributed by atoms with Crippen LogP contribution in [-0.4, -0.2) is 209 Å². The van der Waals surface area contributed by atoms with E-state index in [1.807, 2.05) is 72.8 Å². The molecule has 0 aliphatic carbocycles. The van der Waals surface area contributed by atoms with Crippen LogP contribution in [0.3, 0.4) is 0 Å². The number of carbonyl (C=O) groups excluding carboxylic acids is 9. The van der Waals surface area contributed by atoms with Crippen molar-refractivity contribution >= 4 is 92.6 Å². The number of fused-ring (bicyclic) bond motifs is 2. The summed E-state index contributed by atoms with van der Waals surface area (Å²) in [6.45, 7) is 7.71. The number of amides is 9. The van der Waals surface area contributed by atoms with E-state index in [0.717, 1.165) is 26.4 Å². The topological polar surface area (TPSA) is 399 Å². The van der Waals surface area contributed by atoms with Crippen LogP contribution in [0.25, 0.3) is 21.5 Å². The highest BCUT2D eigenvalue weighted by Crippen LogP contribution is 2.29. The zero-order valence-electron chi connectivity index (χ0n) is 59.5. The molecule has 9 amide bonds. The fraction of sp³-hybridized carbons (Fsp3) is 0.403. The van der Waals surface area contributed by atoms with Crippen LogP contribution in [-0.2, 0) is 83.2 Å². The second kappa shape index (κ2) is 35.4. The molecular formula is C77H91N11O17. The summed E-state index contributed by atoms with van der Waals surface area (Å²) in [6, 6.07) is 23.6. The molecule has 6 aromatic rings. The summed E-state index contributed by atoms with van der Waals surface area (Å²) in [5, 5.41) is 59.4. The molecule has 0 aromatic heterocycles. The summed E-state index contributed by atoms with van der Waals surface area (Å²) < 4.78 is 12.1. The second-order valence-corrected chi connectivity index (χ2v) is 27.8. The number of carboxylic acid groups (broad SMARTS) is 3. The van der Waals surface area contributed by atoms with E-state index >= 15 is 9.59 Å². The van der Waals surface area contributed by atoms with E-state index in [1.54, 1.807) is 83.3 Å². The molecule has 0 spiro atoms. The lowest BCUT2D eigenvalue weighted by atomic mass is 9.85. The van der Waals surface area contributed by atoms with Gasteiger partial charge in [0.1, 0.15) is 60.7 Å². The van der Waals surface area contributed by atoms with Crippen molar-refractivity contribution in [2.24, 2.45) is 5.41 Å². The van der Waals surface area contributed by atoms with E-state index in [4.69, 9.17) is 9.47 Å². The van der Waals surface area contributed by atoms with Gasteiger partial charge in [0.15, 0.2) is 0 Å². The van der Waals surface area contributed by atoms with Crippen LogP contribution in [0.4, 0.5) is 0 Å². The Morgan fingerprint density at radius 1 is 0.543 bits per heavy atom. The Kier molecular flexibility index (Phi) is 26.3. The van der Waals surface area contributed by atoms with Gasteiger partial charge in [0, 0.05) is 56.8 Å². The number of aliphatic carboxylic acids is 3. The zero-order chi connectivity index (χ0) is 75.8. The minimum atomic E-state index is -1.66. The number of ether oxygens (including phenoxy) is 2. The van der Waals surface area contributed by atoms with Gasteiger partial charge in [-0.2, -0.15) is 0 Å². The molecule has 12 rings (SSSR count). The summed E-state index contributed by atoms with van der Waals surface area (Å²) >= 11 is 0. The van der Waals surface area contributed by atoms with Gasteiger partial charge < -0.3 is 82.4 Å². The summed E-state index contributed by atoms with van der Waals surface area (Å²) in [5.74, 6) is -10.9. The first-order valence-corrected chi connectivity index (χ1v) is 34.8. The highest BCUT2D eigenvalue weighted by atomic mass is 16.5. The molecule has 2 unspecified atom stereocenters. The van der Waals surface area contributed by atoms with Crippen molar-refractivity contribution in [3.63, 3.8) is 0 Å². The molecule has 2 fully saturated rings. The molecule has 8 bridgehead atoms. The van der Waals surface area contributed by atoms with Gasteiger partial charge in [-0.1, -0.05) is 136 Å². The molecule has 2 saturated heterocycles. The van der Waals surface area contributed by atoms with E-state index in [0.29, 0.717) is 28.0 Å². The molecule has 28 nitrogen and oxygen atoms in total. The third-order valence-corrected chi connectivity index (χ3v) is 19.1. The Hall–Kier alpha value is -11.1. The van der Waals surface area contributed by atoms with Crippen LogP contribution in [0.15, 0.2) is 146 Å². The molecule has 28 heteroatoms. The fourth-order valence-electron chi connectivity index (χ4n) is 12.9. The predicted octanol–water partition coefficient (Wildman–Crippen LogP) is 2.71. The molecule has 556 valence electrons. The average Bonchev–Trinajstić information content (AvgIpc) is 1.69. The van der Waals surface area contributed by atoms with Crippen LogP contribution in [0.5, 0.6) is 5.75 Å². The predicted molar refractivity (Wildman–Crippen MR) is 387 cm³/mol. The summed E-state index contributed by atoms with van der Waals surface area (Å²) in [5.41, 5.74) is 1.11. The van der Waals surface area contributed by atoms with Gasteiger partial charge in [0.2, 0.25) is 47.3 Å². The van der Waals surface area contributed by atoms with Crippen molar-refractivity contribution in [1.82, 2.24) is 57.7 Å². The maximum Gasteiger partial charge on any atom is 0.326 e. The number of likely N-dealkylation sites (N-methyl/N-ethyl adjacent to an activating group) is 2. The normalized spacial score (nSPS) is 22.5. The Labute approximate surface area is 607 Å². The maximum absolute atomic E-state index is 15.2. The number of nitrogens with one attached hydrogen (secondary N) is 9. The molecule has 0 radical (unpaired) electrons. The molecule has 6 aliphatic rings. The highest BCUT2D eigenvalue weighted by molar-refractivity contribution is 6.00. The Morgan fingerprint density at radius 2 is 1.02 bits per heavy atom.